The molecule has 4 nitrogen and oxygen atoms in total. The van der Waals surface area contributed by atoms with Gasteiger partial charge in [-0.15, -0.1) is 0 Å². The van der Waals surface area contributed by atoms with Gasteiger partial charge in [-0.05, 0) is 50.1 Å². The Labute approximate surface area is 175 Å². The van der Waals surface area contributed by atoms with Gasteiger partial charge in [0.2, 0.25) is 0 Å². The number of alkyl halides is 3. The Balaban J connectivity index is 1.63. The van der Waals surface area contributed by atoms with E-state index in [4.69, 9.17) is 4.74 Å². The second kappa shape index (κ2) is 8.98. The van der Waals surface area contributed by atoms with Crippen LogP contribution in [0.1, 0.15) is 30.0 Å². The van der Waals surface area contributed by atoms with Crippen LogP contribution in [-0.2, 0) is 11.0 Å². The molecule has 30 heavy (non-hydrogen) atoms. The molecule has 7 heteroatoms. The molecule has 0 aromatic heterocycles. The molecular weight excluding hydrogens is 393 g/mol. The van der Waals surface area contributed by atoms with E-state index in [9.17, 15) is 18.0 Å². The summed E-state index contributed by atoms with van der Waals surface area (Å²) in [5.41, 5.74) is 1.97. The number of aryl methyl sites for hydroxylation is 2. The van der Waals surface area contributed by atoms with Crippen molar-refractivity contribution < 1.29 is 22.7 Å². The lowest BCUT2D eigenvalue weighted by Gasteiger charge is -2.37. The fraction of sp³-hybridized carbons (Fsp3) is 0.435. The molecule has 1 aliphatic rings. The summed E-state index contributed by atoms with van der Waals surface area (Å²) in [7, 11) is 0. The summed E-state index contributed by atoms with van der Waals surface area (Å²) in [5.74, 6) is 0.615. The second-order valence-corrected chi connectivity index (χ2v) is 7.64. The fourth-order valence-electron chi connectivity index (χ4n) is 3.66. The smallest absolute Gasteiger partial charge is 0.416 e. The first-order chi connectivity index (χ1) is 14.2. The minimum Gasteiger partial charge on any atom is -0.480 e. The summed E-state index contributed by atoms with van der Waals surface area (Å²) in [6, 6.07) is 11.2. The van der Waals surface area contributed by atoms with Gasteiger partial charge in [0, 0.05) is 31.9 Å². The maximum Gasteiger partial charge on any atom is 0.416 e. The Morgan fingerprint density at radius 2 is 1.77 bits per heavy atom. The highest BCUT2D eigenvalue weighted by Gasteiger charge is 2.32. The largest absolute Gasteiger partial charge is 0.480 e. The summed E-state index contributed by atoms with van der Waals surface area (Å²) >= 11 is 0. The number of nitrogens with zero attached hydrogens (tertiary/aromatic N) is 2. The minimum absolute atomic E-state index is 0.0823. The molecular formula is C23H27F3N2O2. The van der Waals surface area contributed by atoms with E-state index in [1.807, 2.05) is 43.9 Å². The minimum atomic E-state index is -4.37. The number of hydrogen-bond acceptors (Lipinski definition) is 3. The lowest BCUT2D eigenvalue weighted by atomic mass is 10.1. The van der Waals surface area contributed by atoms with Crippen LogP contribution in [0.2, 0.25) is 0 Å². The van der Waals surface area contributed by atoms with E-state index in [2.05, 4.69) is 0 Å². The molecule has 1 heterocycles. The topological polar surface area (TPSA) is 32.8 Å². The molecule has 1 amide bonds. The van der Waals surface area contributed by atoms with E-state index < -0.39 is 17.8 Å². The predicted octanol–water partition coefficient (Wildman–Crippen LogP) is 4.83. The first kappa shape index (κ1) is 22.0. The van der Waals surface area contributed by atoms with Crippen LogP contribution in [0.5, 0.6) is 5.75 Å². The number of carbonyl (C=O) groups is 1. The Morgan fingerprint density at radius 1 is 1.07 bits per heavy atom. The number of benzene rings is 2. The van der Waals surface area contributed by atoms with Gasteiger partial charge in [-0.1, -0.05) is 30.7 Å². The lowest BCUT2D eigenvalue weighted by molar-refractivity contribution is -0.139. The van der Waals surface area contributed by atoms with Gasteiger partial charge in [0.1, 0.15) is 5.75 Å². The van der Waals surface area contributed by atoms with Crippen LogP contribution < -0.4 is 9.64 Å². The Kier molecular flexibility index (Phi) is 6.58. The number of carbonyl (C=O) groups excluding carboxylic acids is 1. The van der Waals surface area contributed by atoms with Crippen LogP contribution in [0.3, 0.4) is 0 Å². The Morgan fingerprint density at radius 3 is 2.37 bits per heavy atom. The molecule has 0 aliphatic carbocycles. The number of hydrogen-bond donors (Lipinski definition) is 0. The molecule has 162 valence electrons. The number of ether oxygens (including phenoxy) is 1. The molecule has 0 bridgehead atoms. The van der Waals surface area contributed by atoms with E-state index in [0.29, 0.717) is 44.0 Å². The van der Waals surface area contributed by atoms with Crippen LogP contribution >= 0.6 is 0 Å². The average Bonchev–Trinajstić information content (AvgIpc) is 2.72. The quantitative estimate of drug-likeness (QED) is 0.695. The molecule has 3 rings (SSSR count). The van der Waals surface area contributed by atoms with Crippen LogP contribution in [0, 0.1) is 13.8 Å². The van der Waals surface area contributed by atoms with Gasteiger partial charge < -0.3 is 14.5 Å². The molecule has 1 fully saturated rings. The van der Waals surface area contributed by atoms with Gasteiger partial charge in [-0.2, -0.15) is 13.2 Å². The van der Waals surface area contributed by atoms with Crippen molar-refractivity contribution in [1.82, 2.24) is 4.90 Å². The van der Waals surface area contributed by atoms with E-state index >= 15 is 0 Å². The van der Waals surface area contributed by atoms with E-state index in [1.165, 1.54) is 6.07 Å². The van der Waals surface area contributed by atoms with Gasteiger partial charge in [0.25, 0.3) is 5.91 Å². The zero-order valence-electron chi connectivity index (χ0n) is 17.5. The number of halogens is 3. The highest BCUT2D eigenvalue weighted by Crippen LogP contribution is 2.32. The van der Waals surface area contributed by atoms with Crippen molar-refractivity contribution in [1.29, 1.82) is 0 Å². The SMILES string of the molecule is CC[C@H](Oc1ccc(C)cc1C)C(=O)N1CCN(c2cccc(C(F)(F)F)c2)CC1. The zero-order chi connectivity index (χ0) is 21.9. The van der Waals surface area contributed by atoms with Crippen molar-refractivity contribution in [3.8, 4) is 5.75 Å². The third-order valence-electron chi connectivity index (χ3n) is 5.38. The van der Waals surface area contributed by atoms with Crippen molar-refractivity contribution >= 4 is 11.6 Å². The molecule has 1 saturated heterocycles. The molecule has 0 unspecified atom stereocenters. The van der Waals surface area contributed by atoms with Crippen molar-refractivity contribution in [3.05, 3.63) is 59.2 Å². The summed E-state index contributed by atoms with van der Waals surface area (Å²) in [6.07, 6.45) is -4.40. The highest BCUT2D eigenvalue weighted by molar-refractivity contribution is 5.81. The van der Waals surface area contributed by atoms with E-state index in [0.717, 1.165) is 23.3 Å². The van der Waals surface area contributed by atoms with Crippen molar-refractivity contribution in [3.63, 3.8) is 0 Å². The number of amides is 1. The van der Waals surface area contributed by atoms with Crippen LogP contribution in [0.25, 0.3) is 0 Å². The first-order valence-corrected chi connectivity index (χ1v) is 10.1. The Hall–Kier alpha value is -2.70. The molecule has 2 aromatic carbocycles. The lowest BCUT2D eigenvalue weighted by Crippen LogP contribution is -2.52. The molecule has 2 aromatic rings. The molecule has 0 radical (unpaired) electrons. The molecule has 1 aliphatic heterocycles. The summed E-state index contributed by atoms with van der Waals surface area (Å²) in [5, 5.41) is 0. The molecule has 1 atom stereocenters. The van der Waals surface area contributed by atoms with Gasteiger partial charge in [-0.25, -0.2) is 0 Å². The predicted molar refractivity (Wildman–Crippen MR) is 111 cm³/mol. The van der Waals surface area contributed by atoms with E-state index in [-0.39, 0.29) is 5.91 Å². The zero-order valence-corrected chi connectivity index (χ0v) is 17.5. The van der Waals surface area contributed by atoms with Crippen LogP contribution in [0.15, 0.2) is 42.5 Å². The first-order valence-electron chi connectivity index (χ1n) is 10.1. The normalized spacial score (nSPS) is 15.8. The van der Waals surface area contributed by atoms with Gasteiger partial charge in [0.15, 0.2) is 6.10 Å². The maximum absolute atomic E-state index is 13.0. The molecule has 0 N–H and O–H groups in total. The monoisotopic (exact) mass is 420 g/mol. The summed E-state index contributed by atoms with van der Waals surface area (Å²) < 4.78 is 44.9. The molecule has 0 spiro atoms. The number of piperazine rings is 1. The van der Waals surface area contributed by atoms with Gasteiger partial charge >= 0.3 is 6.18 Å². The van der Waals surface area contributed by atoms with Crippen LogP contribution in [0.4, 0.5) is 18.9 Å². The maximum atomic E-state index is 13.0. The standard InChI is InChI=1S/C23H27F3N2O2/c1-4-20(30-21-9-8-16(2)14-17(21)3)22(29)28-12-10-27(11-13-28)19-7-5-6-18(15-19)23(24,25)26/h5-9,14-15,20H,4,10-13H2,1-3H3/t20-/m0/s1. The highest BCUT2D eigenvalue weighted by atomic mass is 19.4. The second-order valence-electron chi connectivity index (χ2n) is 7.64. The Bertz CT molecular complexity index is 890. The van der Waals surface area contributed by atoms with Gasteiger partial charge in [-0.3, -0.25) is 4.79 Å². The summed E-state index contributed by atoms with van der Waals surface area (Å²) in [6.45, 7) is 7.71. The third kappa shape index (κ3) is 5.07. The summed E-state index contributed by atoms with van der Waals surface area (Å²) in [4.78, 5) is 16.6. The number of anilines is 1. The van der Waals surface area contributed by atoms with E-state index in [1.54, 1.807) is 11.0 Å². The van der Waals surface area contributed by atoms with Gasteiger partial charge in [0.05, 0.1) is 5.56 Å². The van der Waals surface area contributed by atoms with Crippen molar-refractivity contribution in [2.45, 2.75) is 39.5 Å². The van der Waals surface area contributed by atoms with Crippen molar-refractivity contribution in [2.75, 3.05) is 31.1 Å². The number of rotatable bonds is 5. The van der Waals surface area contributed by atoms with Crippen LogP contribution in [-0.4, -0.2) is 43.1 Å². The average molecular weight is 420 g/mol. The third-order valence-corrected chi connectivity index (χ3v) is 5.38. The molecule has 0 saturated carbocycles. The van der Waals surface area contributed by atoms with Crippen molar-refractivity contribution in [2.24, 2.45) is 0 Å². The fourth-order valence-corrected chi connectivity index (χ4v) is 3.66.